The molecule has 2 aromatic rings. The van der Waals surface area contributed by atoms with Gasteiger partial charge in [-0.1, -0.05) is 30.3 Å². The molecule has 0 radical (unpaired) electrons. The van der Waals surface area contributed by atoms with Gasteiger partial charge < -0.3 is 10.1 Å². The van der Waals surface area contributed by atoms with Gasteiger partial charge in [-0.2, -0.15) is 0 Å². The first-order valence-electron chi connectivity index (χ1n) is 8.04. The first-order valence-corrected chi connectivity index (χ1v) is 10.7. The molecule has 2 heterocycles. The number of carbonyl (C=O) groups is 2. The van der Waals surface area contributed by atoms with Gasteiger partial charge in [0, 0.05) is 11.6 Å². The van der Waals surface area contributed by atoms with E-state index in [2.05, 4.69) is 10.3 Å². The zero-order chi connectivity index (χ0) is 18.7. The van der Waals surface area contributed by atoms with Crippen LogP contribution < -0.4 is 5.32 Å². The van der Waals surface area contributed by atoms with Crippen LogP contribution in [0.1, 0.15) is 21.8 Å². The van der Waals surface area contributed by atoms with E-state index in [1.807, 2.05) is 30.3 Å². The lowest BCUT2D eigenvalue weighted by molar-refractivity contribution is -0.124. The van der Waals surface area contributed by atoms with E-state index in [0.717, 1.165) is 5.56 Å². The average molecular weight is 394 g/mol. The van der Waals surface area contributed by atoms with Crippen molar-refractivity contribution in [3.63, 3.8) is 0 Å². The topological polar surface area (TPSA) is 102 Å². The van der Waals surface area contributed by atoms with Crippen LogP contribution in [0.5, 0.6) is 0 Å². The van der Waals surface area contributed by atoms with E-state index in [0.29, 0.717) is 22.0 Å². The maximum atomic E-state index is 12.2. The van der Waals surface area contributed by atoms with E-state index in [1.54, 1.807) is 6.92 Å². The summed E-state index contributed by atoms with van der Waals surface area (Å²) < 4.78 is 27.8. The van der Waals surface area contributed by atoms with Crippen molar-refractivity contribution in [1.82, 2.24) is 10.3 Å². The average Bonchev–Trinajstić information content (AvgIpc) is 3.15. The lowest BCUT2D eigenvalue weighted by Crippen LogP contribution is -2.38. The van der Waals surface area contributed by atoms with Crippen LogP contribution in [0.4, 0.5) is 0 Å². The number of nitrogens with zero attached hydrogens (tertiary/aromatic N) is 1. The second-order valence-corrected chi connectivity index (χ2v) is 9.27. The number of nitrogens with one attached hydrogen (secondary N) is 1. The first kappa shape index (κ1) is 18.5. The molecule has 1 N–H and O–H groups in total. The Morgan fingerprint density at radius 1 is 1.31 bits per heavy atom. The third-order valence-corrected chi connectivity index (χ3v) is 6.89. The summed E-state index contributed by atoms with van der Waals surface area (Å²) in [4.78, 5) is 28.8. The van der Waals surface area contributed by atoms with Crippen LogP contribution in [0.25, 0.3) is 10.6 Å². The molecule has 0 bridgehead atoms. The van der Waals surface area contributed by atoms with Gasteiger partial charge in [-0.15, -0.1) is 11.3 Å². The van der Waals surface area contributed by atoms with Gasteiger partial charge in [-0.25, -0.2) is 18.2 Å². The van der Waals surface area contributed by atoms with Gasteiger partial charge in [-0.05, 0) is 13.3 Å². The van der Waals surface area contributed by atoms with Crippen molar-refractivity contribution in [2.75, 3.05) is 18.1 Å². The standard InChI is InChI=1S/C17H18N2O5S2/c1-11-15(25-16(18-11)12-5-3-2-4-6-12)17(21)24-9-14(20)19-13-7-8-26(22,23)10-13/h2-6,13H,7-10H2,1H3,(H,19,20)/t13-/m0/s1. The molecule has 1 aliphatic rings. The fraction of sp³-hybridized carbons (Fsp3) is 0.353. The van der Waals surface area contributed by atoms with Crippen LogP contribution >= 0.6 is 11.3 Å². The van der Waals surface area contributed by atoms with Crippen LogP contribution in [-0.2, 0) is 19.4 Å². The minimum absolute atomic E-state index is 0.0684. The van der Waals surface area contributed by atoms with Crippen molar-refractivity contribution >= 4 is 33.1 Å². The van der Waals surface area contributed by atoms with Crippen molar-refractivity contribution in [2.24, 2.45) is 0 Å². The summed E-state index contributed by atoms with van der Waals surface area (Å²) in [6.07, 6.45) is 0.385. The van der Waals surface area contributed by atoms with E-state index in [1.165, 1.54) is 11.3 Å². The molecule has 1 saturated heterocycles. The highest BCUT2D eigenvalue weighted by atomic mass is 32.2. The molecule has 1 fully saturated rings. The summed E-state index contributed by atoms with van der Waals surface area (Å²) in [6.45, 7) is 1.26. The minimum atomic E-state index is -3.07. The van der Waals surface area contributed by atoms with E-state index >= 15 is 0 Å². The van der Waals surface area contributed by atoms with Crippen molar-refractivity contribution < 1.29 is 22.7 Å². The Labute approximate surface area is 155 Å². The summed E-state index contributed by atoms with van der Waals surface area (Å²) in [5, 5.41) is 3.28. The lowest BCUT2D eigenvalue weighted by atomic mass is 10.2. The monoisotopic (exact) mass is 394 g/mol. The largest absolute Gasteiger partial charge is 0.451 e. The smallest absolute Gasteiger partial charge is 0.350 e. The number of thiazole rings is 1. The number of carbonyl (C=O) groups excluding carboxylic acids is 2. The normalized spacial score (nSPS) is 18.4. The maximum Gasteiger partial charge on any atom is 0.350 e. The number of hydrogen-bond acceptors (Lipinski definition) is 7. The highest BCUT2D eigenvalue weighted by Gasteiger charge is 2.29. The van der Waals surface area contributed by atoms with E-state index in [9.17, 15) is 18.0 Å². The Kier molecular flexibility index (Phi) is 5.38. The summed E-state index contributed by atoms with van der Waals surface area (Å²) >= 11 is 1.21. The van der Waals surface area contributed by atoms with E-state index in [4.69, 9.17) is 4.74 Å². The zero-order valence-corrected chi connectivity index (χ0v) is 15.7. The number of ether oxygens (including phenoxy) is 1. The molecule has 26 heavy (non-hydrogen) atoms. The Morgan fingerprint density at radius 2 is 2.04 bits per heavy atom. The van der Waals surface area contributed by atoms with Gasteiger partial charge in [0.05, 0.1) is 17.2 Å². The number of hydrogen-bond donors (Lipinski definition) is 1. The van der Waals surface area contributed by atoms with Gasteiger partial charge >= 0.3 is 5.97 Å². The number of rotatable bonds is 5. The van der Waals surface area contributed by atoms with Crippen LogP contribution in [0.2, 0.25) is 0 Å². The molecule has 1 aromatic carbocycles. The van der Waals surface area contributed by atoms with Gasteiger partial charge in [0.2, 0.25) is 0 Å². The molecule has 1 aliphatic heterocycles. The molecule has 0 saturated carbocycles. The highest BCUT2D eigenvalue weighted by Crippen LogP contribution is 2.28. The van der Waals surface area contributed by atoms with Crippen LogP contribution in [0.3, 0.4) is 0 Å². The van der Waals surface area contributed by atoms with Crippen molar-refractivity contribution in [3.8, 4) is 10.6 Å². The Bertz CT molecular complexity index is 922. The fourth-order valence-electron chi connectivity index (χ4n) is 2.66. The number of esters is 1. The Balaban J connectivity index is 1.57. The van der Waals surface area contributed by atoms with Crippen molar-refractivity contribution in [3.05, 3.63) is 40.9 Å². The van der Waals surface area contributed by atoms with Crippen molar-refractivity contribution in [1.29, 1.82) is 0 Å². The van der Waals surface area contributed by atoms with E-state index < -0.39 is 34.4 Å². The van der Waals surface area contributed by atoms with Crippen molar-refractivity contribution in [2.45, 2.75) is 19.4 Å². The predicted molar refractivity (Wildman–Crippen MR) is 97.8 cm³/mol. The maximum absolute atomic E-state index is 12.2. The second kappa shape index (κ2) is 7.55. The molecule has 138 valence electrons. The van der Waals surface area contributed by atoms with Gasteiger partial charge in [0.25, 0.3) is 5.91 Å². The quantitative estimate of drug-likeness (QED) is 0.773. The zero-order valence-electron chi connectivity index (χ0n) is 14.1. The number of aryl methyl sites for hydroxylation is 1. The van der Waals surface area contributed by atoms with Crippen LogP contribution in [0, 0.1) is 6.92 Å². The molecule has 1 amide bonds. The van der Waals surface area contributed by atoms with Gasteiger partial charge in [0.15, 0.2) is 16.4 Å². The number of sulfone groups is 1. The van der Waals surface area contributed by atoms with Gasteiger partial charge in [0.1, 0.15) is 9.88 Å². The third-order valence-electron chi connectivity index (χ3n) is 3.93. The first-order chi connectivity index (χ1) is 12.3. The Hall–Kier alpha value is -2.26. The molecule has 9 heteroatoms. The molecule has 1 aromatic heterocycles. The second-order valence-electron chi connectivity index (χ2n) is 6.04. The number of amides is 1. The SMILES string of the molecule is Cc1nc(-c2ccccc2)sc1C(=O)OCC(=O)N[C@H]1CCS(=O)(=O)C1. The molecule has 7 nitrogen and oxygen atoms in total. The van der Waals surface area contributed by atoms with Crippen LogP contribution in [0.15, 0.2) is 30.3 Å². The lowest BCUT2D eigenvalue weighted by Gasteiger charge is -2.10. The molecular formula is C17H18N2O5S2. The molecular weight excluding hydrogens is 376 g/mol. The minimum Gasteiger partial charge on any atom is -0.451 e. The van der Waals surface area contributed by atoms with E-state index in [-0.39, 0.29) is 11.5 Å². The molecule has 0 spiro atoms. The number of benzene rings is 1. The number of aromatic nitrogens is 1. The molecule has 3 rings (SSSR count). The van der Waals surface area contributed by atoms with Gasteiger partial charge in [-0.3, -0.25) is 4.79 Å². The summed E-state index contributed by atoms with van der Waals surface area (Å²) in [7, 11) is -3.07. The molecule has 0 unspecified atom stereocenters. The molecule has 1 atom stereocenters. The summed E-state index contributed by atoms with van der Waals surface area (Å²) in [6, 6.07) is 9.05. The highest BCUT2D eigenvalue weighted by molar-refractivity contribution is 7.91. The van der Waals surface area contributed by atoms with Crippen LogP contribution in [-0.4, -0.2) is 49.4 Å². The summed E-state index contributed by atoms with van der Waals surface area (Å²) in [5.74, 6) is -1.12. The third kappa shape index (κ3) is 4.47. The molecule has 0 aliphatic carbocycles. The predicted octanol–water partition coefficient (Wildman–Crippen LogP) is 1.58. The Morgan fingerprint density at radius 3 is 2.69 bits per heavy atom. The summed E-state index contributed by atoms with van der Waals surface area (Å²) in [5.41, 5.74) is 1.45. The fourth-order valence-corrected chi connectivity index (χ4v) is 5.30.